The standard InChI is InChI=1S/C20H30O11/c1-8-4-3-5-10(13(8)9(2)22)29-20-18(27)16(25)15(24)12(31-20)7-28-19-17(26)14(23)11(6-21)30-19/h3-5,9,11-12,14-27H,6-7H2,1-2H3/t9-,11-,12+,14-,15+,16-,17+,18+,19+,20+/m0/s1. The molecule has 11 nitrogen and oxygen atoms in total. The van der Waals surface area contributed by atoms with E-state index < -0.39 is 68.0 Å². The van der Waals surface area contributed by atoms with Crippen molar-refractivity contribution in [1.29, 1.82) is 0 Å². The van der Waals surface area contributed by atoms with Crippen LogP contribution < -0.4 is 4.74 Å². The van der Waals surface area contributed by atoms with Gasteiger partial charge in [-0.2, -0.15) is 0 Å². The third-order valence-corrected chi connectivity index (χ3v) is 5.54. The largest absolute Gasteiger partial charge is 0.462 e. The third kappa shape index (κ3) is 5.01. The Bertz CT molecular complexity index is 729. The Labute approximate surface area is 179 Å². The molecule has 0 radical (unpaired) electrons. The molecule has 2 saturated heterocycles. The molecule has 11 heteroatoms. The highest BCUT2D eigenvalue weighted by Gasteiger charge is 2.47. The van der Waals surface area contributed by atoms with Crippen LogP contribution in [0.5, 0.6) is 5.75 Å². The summed E-state index contributed by atoms with van der Waals surface area (Å²) in [4.78, 5) is 0. The van der Waals surface area contributed by atoms with Crippen LogP contribution in [0, 0.1) is 6.92 Å². The van der Waals surface area contributed by atoms with Gasteiger partial charge in [-0.05, 0) is 25.5 Å². The molecule has 31 heavy (non-hydrogen) atoms. The number of rotatable bonds is 7. The van der Waals surface area contributed by atoms with Gasteiger partial charge >= 0.3 is 0 Å². The summed E-state index contributed by atoms with van der Waals surface area (Å²) in [5.74, 6) is 0.241. The number of aryl methyl sites for hydroxylation is 1. The summed E-state index contributed by atoms with van der Waals surface area (Å²) in [5.41, 5.74) is 1.24. The Balaban J connectivity index is 1.69. The lowest BCUT2D eigenvalue weighted by Crippen LogP contribution is -2.60. The van der Waals surface area contributed by atoms with Crippen molar-refractivity contribution >= 4 is 0 Å². The summed E-state index contributed by atoms with van der Waals surface area (Å²) in [5, 5.41) is 69.8. The second-order valence-electron chi connectivity index (χ2n) is 7.84. The zero-order valence-electron chi connectivity index (χ0n) is 17.2. The van der Waals surface area contributed by atoms with Gasteiger partial charge < -0.3 is 54.7 Å². The first-order valence-electron chi connectivity index (χ1n) is 10.0. The predicted octanol–water partition coefficient (Wildman–Crippen LogP) is -2.31. The second-order valence-corrected chi connectivity index (χ2v) is 7.84. The van der Waals surface area contributed by atoms with E-state index in [9.17, 15) is 30.6 Å². The zero-order chi connectivity index (χ0) is 22.9. The highest BCUT2D eigenvalue weighted by atomic mass is 16.7. The van der Waals surface area contributed by atoms with Gasteiger partial charge in [0.05, 0.1) is 19.3 Å². The van der Waals surface area contributed by atoms with E-state index in [0.717, 1.165) is 5.56 Å². The van der Waals surface area contributed by atoms with Gasteiger partial charge in [-0.1, -0.05) is 12.1 Å². The summed E-state index contributed by atoms with van der Waals surface area (Å²) in [6.07, 6.45) is -13.3. The molecule has 2 heterocycles. The molecule has 2 fully saturated rings. The molecule has 0 amide bonds. The minimum absolute atomic E-state index is 0.241. The Hall–Kier alpha value is -1.38. The van der Waals surface area contributed by atoms with E-state index >= 15 is 0 Å². The molecular formula is C20H30O11. The van der Waals surface area contributed by atoms with Crippen LogP contribution in [0.25, 0.3) is 0 Å². The van der Waals surface area contributed by atoms with E-state index in [0.29, 0.717) is 5.56 Å². The van der Waals surface area contributed by atoms with Crippen molar-refractivity contribution in [3.05, 3.63) is 29.3 Å². The maximum atomic E-state index is 10.3. The maximum Gasteiger partial charge on any atom is 0.229 e. The summed E-state index contributed by atoms with van der Waals surface area (Å²) in [6, 6.07) is 5.05. The van der Waals surface area contributed by atoms with E-state index in [1.807, 2.05) is 0 Å². The average molecular weight is 446 g/mol. The monoisotopic (exact) mass is 446 g/mol. The molecule has 176 valence electrons. The molecule has 2 aliphatic heterocycles. The van der Waals surface area contributed by atoms with Crippen LogP contribution in [0.3, 0.4) is 0 Å². The lowest BCUT2D eigenvalue weighted by molar-refractivity contribution is -0.290. The van der Waals surface area contributed by atoms with Crippen molar-refractivity contribution in [2.45, 2.75) is 75.3 Å². The maximum absolute atomic E-state index is 10.3. The van der Waals surface area contributed by atoms with Gasteiger partial charge in [0, 0.05) is 5.56 Å². The first kappa shape index (κ1) is 24.3. The fourth-order valence-corrected chi connectivity index (χ4v) is 3.76. The molecule has 0 unspecified atom stereocenters. The van der Waals surface area contributed by atoms with Gasteiger partial charge in [-0.15, -0.1) is 0 Å². The van der Waals surface area contributed by atoms with Crippen molar-refractivity contribution in [1.82, 2.24) is 0 Å². The highest BCUT2D eigenvalue weighted by molar-refractivity contribution is 5.41. The Morgan fingerprint density at radius 2 is 1.52 bits per heavy atom. The fourth-order valence-electron chi connectivity index (χ4n) is 3.76. The van der Waals surface area contributed by atoms with Gasteiger partial charge in [0.2, 0.25) is 6.29 Å². The SMILES string of the molecule is Cc1cccc(O[C@@H]2O[C@H](CO[C@@H]3O[C@@H](CO)[C@H](O)[C@H]3O)[C@@H](O)[C@H](O)[C@H]2O)c1[C@H](C)O. The van der Waals surface area contributed by atoms with E-state index in [1.54, 1.807) is 32.0 Å². The van der Waals surface area contributed by atoms with Crippen molar-refractivity contribution in [2.75, 3.05) is 13.2 Å². The molecule has 3 rings (SSSR count). The number of hydrogen-bond donors (Lipinski definition) is 7. The molecule has 1 aromatic carbocycles. The van der Waals surface area contributed by atoms with Crippen molar-refractivity contribution in [3.8, 4) is 5.75 Å². The van der Waals surface area contributed by atoms with Gasteiger partial charge in [-0.25, -0.2) is 0 Å². The summed E-state index contributed by atoms with van der Waals surface area (Å²) in [6.45, 7) is 2.44. The van der Waals surface area contributed by atoms with Crippen molar-refractivity contribution < 1.29 is 54.7 Å². The molecule has 0 aliphatic carbocycles. The zero-order valence-corrected chi connectivity index (χ0v) is 17.2. The third-order valence-electron chi connectivity index (χ3n) is 5.54. The normalized spacial score (nSPS) is 39.5. The van der Waals surface area contributed by atoms with Crippen LogP contribution in [0.4, 0.5) is 0 Å². The Morgan fingerprint density at radius 3 is 2.13 bits per heavy atom. The van der Waals surface area contributed by atoms with Crippen LogP contribution >= 0.6 is 0 Å². The predicted molar refractivity (Wildman–Crippen MR) is 103 cm³/mol. The quantitative estimate of drug-likeness (QED) is 0.239. The van der Waals surface area contributed by atoms with E-state index in [4.69, 9.17) is 24.1 Å². The first-order valence-corrected chi connectivity index (χ1v) is 10.0. The lowest BCUT2D eigenvalue weighted by atomic mass is 9.99. The first-order chi connectivity index (χ1) is 14.6. The van der Waals surface area contributed by atoms with Gasteiger partial charge in [0.15, 0.2) is 6.29 Å². The van der Waals surface area contributed by atoms with Crippen LogP contribution in [0.2, 0.25) is 0 Å². The molecule has 0 aromatic heterocycles. The minimum atomic E-state index is -1.63. The van der Waals surface area contributed by atoms with Crippen LogP contribution in [0.1, 0.15) is 24.2 Å². The van der Waals surface area contributed by atoms with Crippen molar-refractivity contribution in [3.63, 3.8) is 0 Å². The molecule has 0 saturated carbocycles. The molecular weight excluding hydrogens is 416 g/mol. The number of aliphatic hydroxyl groups is 7. The molecule has 10 atom stereocenters. The number of benzene rings is 1. The molecule has 7 N–H and O–H groups in total. The van der Waals surface area contributed by atoms with E-state index in [1.165, 1.54) is 0 Å². The minimum Gasteiger partial charge on any atom is -0.462 e. The summed E-state index contributed by atoms with van der Waals surface area (Å²) >= 11 is 0. The van der Waals surface area contributed by atoms with Gasteiger partial charge in [-0.3, -0.25) is 0 Å². The summed E-state index contributed by atoms with van der Waals surface area (Å²) in [7, 11) is 0. The van der Waals surface area contributed by atoms with Crippen LogP contribution in [0.15, 0.2) is 18.2 Å². The molecule has 0 bridgehead atoms. The van der Waals surface area contributed by atoms with Gasteiger partial charge in [0.1, 0.15) is 48.5 Å². The number of hydrogen-bond acceptors (Lipinski definition) is 11. The molecule has 0 spiro atoms. The smallest absolute Gasteiger partial charge is 0.229 e. The second kappa shape index (κ2) is 10.0. The number of aliphatic hydroxyl groups excluding tert-OH is 7. The highest BCUT2D eigenvalue weighted by Crippen LogP contribution is 2.32. The van der Waals surface area contributed by atoms with Crippen molar-refractivity contribution in [2.24, 2.45) is 0 Å². The molecule has 1 aromatic rings. The van der Waals surface area contributed by atoms with Crippen LogP contribution in [-0.2, 0) is 14.2 Å². The average Bonchev–Trinajstić information content (AvgIpc) is 3.00. The Morgan fingerprint density at radius 1 is 0.903 bits per heavy atom. The topological polar surface area (TPSA) is 179 Å². The lowest BCUT2D eigenvalue weighted by Gasteiger charge is -2.40. The van der Waals surface area contributed by atoms with E-state index in [-0.39, 0.29) is 12.4 Å². The van der Waals surface area contributed by atoms with Crippen LogP contribution in [-0.4, -0.2) is 104 Å². The molecule has 2 aliphatic rings. The fraction of sp³-hybridized carbons (Fsp3) is 0.700. The Kier molecular flexibility index (Phi) is 7.86. The van der Waals surface area contributed by atoms with E-state index in [2.05, 4.69) is 0 Å². The summed E-state index contributed by atoms with van der Waals surface area (Å²) < 4.78 is 21.9. The van der Waals surface area contributed by atoms with Gasteiger partial charge in [0.25, 0.3) is 0 Å². The number of ether oxygens (including phenoxy) is 4.